The number of halogens is 3. The first-order valence-corrected chi connectivity index (χ1v) is 4.12. The molecule has 0 fully saturated rings. The monoisotopic (exact) mass is 283 g/mol. The zero-order chi connectivity index (χ0) is 9.14. The third kappa shape index (κ3) is 1.96. The molecule has 2 nitrogen and oxygen atoms in total. The maximum atomic E-state index is 12.1. The number of aldehydes is 1. The van der Waals surface area contributed by atoms with Crippen LogP contribution in [0.4, 0.5) is 8.78 Å². The molecule has 0 aromatic carbocycles. The minimum atomic E-state index is -2.54. The van der Waals surface area contributed by atoms with E-state index in [1.165, 1.54) is 6.07 Å². The summed E-state index contributed by atoms with van der Waals surface area (Å²) in [5, 5.41) is 0. The molecule has 0 N–H and O–H groups in total. The zero-order valence-corrected chi connectivity index (χ0v) is 7.96. The van der Waals surface area contributed by atoms with Crippen molar-refractivity contribution in [3.8, 4) is 0 Å². The molecular formula is C7H4F2INO. The minimum absolute atomic E-state index is 0.162. The standard InChI is InChI=1S/C7H4F2INO/c8-7(9)4-1-5(10)6(3-12)11-2-4/h1-3,7H. The molecule has 0 aliphatic rings. The van der Waals surface area contributed by atoms with E-state index in [2.05, 4.69) is 4.98 Å². The molecule has 0 aliphatic carbocycles. The van der Waals surface area contributed by atoms with Crippen molar-refractivity contribution in [3.63, 3.8) is 0 Å². The maximum absolute atomic E-state index is 12.1. The topological polar surface area (TPSA) is 30.0 Å². The third-order valence-corrected chi connectivity index (χ3v) is 2.12. The SMILES string of the molecule is O=Cc1ncc(C(F)F)cc1I. The summed E-state index contributed by atoms with van der Waals surface area (Å²) in [4.78, 5) is 13.8. The molecule has 1 aromatic heterocycles. The second-order valence-corrected chi connectivity index (χ2v) is 3.22. The van der Waals surface area contributed by atoms with E-state index in [0.29, 0.717) is 9.86 Å². The lowest BCUT2D eigenvalue weighted by atomic mass is 10.3. The Morgan fingerprint density at radius 3 is 2.67 bits per heavy atom. The Balaban J connectivity index is 3.10. The summed E-state index contributed by atoms with van der Waals surface area (Å²) in [5.74, 6) is 0. The number of carbonyl (C=O) groups is 1. The highest BCUT2D eigenvalue weighted by molar-refractivity contribution is 14.1. The van der Waals surface area contributed by atoms with Crippen molar-refractivity contribution in [2.45, 2.75) is 6.43 Å². The first-order chi connectivity index (χ1) is 5.65. The summed E-state index contributed by atoms with van der Waals surface area (Å²) in [7, 11) is 0. The van der Waals surface area contributed by atoms with Gasteiger partial charge in [-0.1, -0.05) is 0 Å². The van der Waals surface area contributed by atoms with E-state index in [0.717, 1.165) is 6.20 Å². The van der Waals surface area contributed by atoms with E-state index >= 15 is 0 Å². The number of carbonyl (C=O) groups excluding carboxylic acids is 1. The van der Waals surface area contributed by atoms with Crippen LogP contribution in [0.1, 0.15) is 22.5 Å². The van der Waals surface area contributed by atoms with Crippen LogP contribution in [0.25, 0.3) is 0 Å². The molecule has 12 heavy (non-hydrogen) atoms. The first-order valence-electron chi connectivity index (χ1n) is 3.04. The van der Waals surface area contributed by atoms with Crippen molar-refractivity contribution >= 4 is 28.9 Å². The van der Waals surface area contributed by atoms with Crippen molar-refractivity contribution in [1.82, 2.24) is 4.98 Å². The van der Waals surface area contributed by atoms with Crippen LogP contribution >= 0.6 is 22.6 Å². The number of rotatable bonds is 2. The van der Waals surface area contributed by atoms with Crippen molar-refractivity contribution in [2.75, 3.05) is 0 Å². The number of aromatic nitrogens is 1. The molecule has 1 aromatic rings. The molecule has 1 rings (SSSR count). The van der Waals surface area contributed by atoms with Gasteiger partial charge >= 0.3 is 0 Å². The fourth-order valence-electron chi connectivity index (χ4n) is 0.669. The number of hydrogen-bond acceptors (Lipinski definition) is 2. The molecule has 0 saturated heterocycles. The lowest BCUT2D eigenvalue weighted by Gasteiger charge is -2.00. The summed E-state index contributed by atoms with van der Waals surface area (Å²) >= 11 is 1.79. The quantitative estimate of drug-likeness (QED) is 0.616. The number of pyridine rings is 1. The average molecular weight is 283 g/mol. The van der Waals surface area contributed by atoms with Gasteiger partial charge in [0, 0.05) is 15.3 Å². The normalized spacial score (nSPS) is 10.3. The summed E-state index contributed by atoms with van der Waals surface area (Å²) < 4.78 is 24.5. The molecule has 64 valence electrons. The molecule has 0 amide bonds. The Bertz CT molecular complexity index is 303. The van der Waals surface area contributed by atoms with Gasteiger partial charge in [-0.2, -0.15) is 0 Å². The van der Waals surface area contributed by atoms with E-state index < -0.39 is 6.43 Å². The van der Waals surface area contributed by atoms with Crippen LogP contribution in [0.2, 0.25) is 0 Å². The maximum Gasteiger partial charge on any atom is 0.265 e. The summed E-state index contributed by atoms with van der Waals surface area (Å²) in [6.45, 7) is 0. The summed E-state index contributed by atoms with van der Waals surface area (Å²) in [5.41, 5.74) is 0.0324. The van der Waals surface area contributed by atoms with Crippen LogP contribution in [-0.2, 0) is 0 Å². The van der Waals surface area contributed by atoms with Gasteiger partial charge in [0.1, 0.15) is 5.69 Å². The fraction of sp³-hybridized carbons (Fsp3) is 0.143. The number of alkyl halides is 2. The predicted octanol–water partition coefficient (Wildman–Crippen LogP) is 2.44. The van der Waals surface area contributed by atoms with Gasteiger partial charge in [0.15, 0.2) is 6.29 Å². The van der Waals surface area contributed by atoms with Gasteiger partial charge in [0.05, 0.1) is 0 Å². The molecule has 0 radical (unpaired) electrons. The first kappa shape index (κ1) is 9.50. The molecular weight excluding hydrogens is 279 g/mol. The van der Waals surface area contributed by atoms with Crippen LogP contribution in [0.5, 0.6) is 0 Å². The fourth-order valence-corrected chi connectivity index (χ4v) is 1.30. The van der Waals surface area contributed by atoms with E-state index in [9.17, 15) is 13.6 Å². The van der Waals surface area contributed by atoms with Crippen LogP contribution in [-0.4, -0.2) is 11.3 Å². The van der Waals surface area contributed by atoms with Gasteiger partial charge in [0.2, 0.25) is 0 Å². The molecule has 0 aliphatic heterocycles. The van der Waals surface area contributed by atoms with Gasteiger partial charge < -0.3 is 0 Å². The molecule has 0 spiro atoms. The second-order valence-electron chi connectivity index (χ2n) is 2.05. The van der Waals surface area contributed by atoms with Gasteiger partial charge in [0.25, 0.3) is 6.43 Å². The van der Waals surface area contributed by atoms with Crippen LogP contribution < -0.4 is 0 Å². The highest BCUT2D eigenvalue weighted by Crippen LogP contribution is 2.20. The Morgan fingerprint density at radius 2 is 2.25 bits per heavy atom. The number of hydrogen-bond donors (Lipinski definition) is 0. The van der Waals surface area contributed by atoms with E-state index in [1.54, 1.807) is 22.6 Å². The molecule has 0 atom stereocenters. The third-order valence-electron chi connectivity index (χ3n) is 1.25. The Morgan fingerprint density at radius 1 is 1.58 bits per heavy atom. The second kappa shape index (κ2) is 3.88. The molecule has 5 heteroatoms. The van der Waals surface area contributed by atoms with Crippen molar-refractivity contribution in [2.24, 2.45) is 0 Å². The molecule has 0 saturated carbocycles. The largest absolute Gasteiger partial charge is 0.296 e. The minimum Gasteiger partial charge on any atom is -0.296 e. The lowest BCUT2D eigenvalue weighted by molar-refractivity contribution is 0.111. The molecule has 0 bridgehead atoms. The van der Waals surface area contributed by atoms with Gasteiger partial charge in [-0.15, -0.1) is 0 Å². The van der Waals surface area contributed by atoms with Gasteiger partial charge in [-0.25, -0.2) is 8.78 Å². The average Bonchev–Trinajstić information content (AvgIpc) is 2.04. The lowest BCUT2D eigenvalue weighted by Crippen LogP contribution is -1.94. The van der Waals surface area contributed by atoms with E-state index in [4.69, 9.17) is 0 Å². The van der Waals surface area contributed by atoms with Crippen LogP contribution in [0.15, 0.2) is 12.3 Å². The zero-order valence-electron chi connectivity index (χ0n) is 5.80. The van der Waals surface area contributed by atoms with Gasteiger partial charge in [-0.05, 0) is 28.7 Å². The van der Waals surface area contributed by atoms with Crippen molar-refractivity contribution < 1.29 is 13.6 Å². The highest BCUT2D eigenvalue weighted by atomic mass is 127. The molecule has 0 unspecified atom stereocenters. The Kier molecular flexibility index (Phi) is 3.07. The number of nitrogens with zero attached hydrogens (tertiary/aromatic N) is 1. The Labute approximate surface area is 81.1 Å². The van der Waals surface area contributed by atoms with Gasteiger partial charge in [-0.3, -0.25) is 9.78 Å². The predicted molar refractivity (Wildman–Crippen MR) is 47.3 cm³/mol. The summed E-state index contributed by atoms with van der Waals surface area (Å²) in [6.07, 6.45) is -0.986. The Hall–Kier alpha value is -0.590. The van der Waals surface area contributed by atoms with E-state index in [1.807, 2.05) is 0 Å². The highest BCUT2D eigenvalue weighted by Gasteiger charge is 2.09. The van der Waals surface area contributed by atoms with Crippen LogP contribution in [0, 0.1) is 3.57 Å². The molecule has 1 heterocycles. The van der Waals surface area contributed by atoms with Crippen molar-refractivity contribution in [1.29, 1.82) is 0 Å². The van der Waals surface area contributed by atoms with Crippen LogP contribution in [0.3, 0.4) is 0 Å². The summed E-state index contributed by atoms with van der Waals surface area (Å²) in [6, 6.07) is 1.25. The van der Waals surface area contributed by atoms with E-state index in [-0.39, 0.29) is 11.3 Å². The van der Waals surface area contributed by atoms with Crippen molar-refractivity contribution in [3.05, 3.63) is 27.1 Å². The smallest absolute Gasteiger partial charge is 0.265 e.